The van der Waals surface area contributed by atoms with Crippen LogP contribution in [0.15, 0.2) is 72.8 Å². The number of ether oxygens (including phenoxy) is 2. The molecule has 1 atom stereocenters. The number of aliphatic hydroxyl groups is 1. The molecule has 1 amide bonds. The van der Waals surface area contributed by atoms with Crippen molar-refractivity contribution in [3.05, 3.63) is 100 Å². The second kappa shape index (κ2) is 8.85. The predicted molar refractivity (Wildman–Crippen MR) is 129 cm³/mol. The zero-order valence-electron chi connectivity index (χ0n) is 18.6. The summed E-state index contributed by atoms with van der Waals surface area (Å²) in [5, 5.41) is 16.0. The Morgan fingerprint density at radius 1 is 1.06 bits per heavy atom. The van der Waals surface area contributed by atoms with Crippen LogP contribution in [-0.4, -0.2) is 34.6 Å². The molecule has 4 aromatic rings. The van der Waals surface area contributed by atoms with E-state index in [2.05, 4.69) is 5.10 Å². The Hall–Kier alpha value is -3.81. The highest BCUT2D eigenvalue weighted by Crippen LogP contribution is 2.36. The molecular weight excluding hydrogens is 454 g/mol. The summed E-state index contributed by atoms with van der Waals surface area (Å²) in [6.07, 6.45) is -0.981. The predicted octanol–water partition coefficient (Wildman–Crippen LogP) is 4.92. The molecule has 1 aliphatic heterocycles. The average molecular weight is 476 g/mol. The van der Waals surface area contributed by atoms with E-state index in [1.165, 1.54) is 0 Å². The number of benzene rings is 3. The van der Waals surface area contributed by atoms with E-state index in [1.54, 1.807) is 60.0 Å². The monoisotopic (exact) mass is 475 g/mol. The Labute approximate surface area is 201 Å². The van der Waals surface area contributed by atoms with Crippen LogP contribution in [0.5, 0.6) is 11.5 Å². The summed E-state index contributed by atoms with van der Waals surface area (Å²) >= 11 is 6.55. The van der Waals surface area contributed by atoms with E-state index in [4.69, 9.17) is 21.1 Å². The maximum absolute atomic E-state index is 13.3. The number of halogens is 1. The molecule has 34 heavy (non-hydrogen) atoms. The molecule has 2 heterocycles. The van der Waals surface area contributed by atoms with Crippen molar-refractivity contribution in [1.29, 1.82) is 0 Å². The third kappa shape index (κ3) is 3.89. The van der Waals surface area contributed by atoms with Gasteiger partial charge in [0.15, 0.2) is 11.5 Å². The van der Waals surface area contributed by atoms with Crippen LogP contribution in [-0.2, 0) is 0 Å². The van der Waals surface area contributed by atoms with Crippen molar-refractivity contribution in [2.24, 2.45) is 0 Å². The summed E-state index contributed by atoms with van der Waals surface area (Å²) in [5.41, 5.74) is 3.48. The van der Waals surface area contributed by atoms with Crippen molar-refractivity contribution in [2.45, 2.75) is 13.0 Å². The molecule has 0 fully saturated rings. The van der Waals surface area contributed by atoms with E-state index >= 15 is 0 Å². The van der Waals surface area contributed by atoms with Crippen molar-refractivity contribution in [2.75, 3.05) is 18.7 Å². The third-order valence-electron chi connectivity index (χ3n) is 5.78. The Morgan fingerprint density at radius 3 is 2.62 bits per heavy atom. The summed E-state index contributed by atoms with van der Waals surface area (Å²) in [5.74, 6) is 1.05. The van der Waals surface area contributed by atoms with Gasteiger partial charge in [0.1, 0.15) is 6.10 Å². The molecule has 3 aromatic carbocycles. The number of aromatic nitrogens is 2. The summed E-state index contributed by atoms with van der Waals surface area (Å²) in [7, 11) is 1.70. The zero-order chi connectivity index (χ0) is 23.8. The first-order chi connectivity index (χ1) is 16.4. The lowest BCUT2D eigenvalue weighted by atomic mass is 10.1. The van der Waals surface area contributed by atoms with Gasteiger partial charge < -0.3 is 19.5 Å². The fraction of sp³-hybridized carbons (Fsp3) is 0.154. The van der Waals surface area contributed by atoms with Gasteiger partial charge in [-0.15, -0.1) is 0 Å². The molecule has 0 saturated carbocycles. The fourth-order valence-electron chi connectivity index (χ4n) is 3.93. The van der Waals surface area contributed by atoms with Gasteiger partial charge in [-0.2, -0.15) is 5.10 Å². The molecule has 1 aromatic heterocycles. The highest BCUT2D eigenvalue weighted by atomic mass is 35.5. The maximum Gasteiger partial charge on any atom is 0.258 e. The van der Waals surface area contributed by atoms with Gasteiger partial charge in [0.05, 0.1) is 22.1 Å². The van der Waals surface area contributed by atoms with Crippen LogP contribution in [0.25, 0.3) is 5.69 Å². The number of fused-ring (bicyclic) bond motifs is 1. The van der Waals surface area contributed by atoms with E-state index in [9.17, 15) is 9.90 Å². The Morgan fingerprint density at radius 2 is 1.82 bits per heavy atom. The van der Waals surface area contributed by atoms with Crippen molar-refractivity contribution in [1.82, 2.24) is 9.78 Å². The molecule has 172 valence electrons. The highest BCUT2D eigenvalue weighted by molar-refractivity contribution is 6.32. The standard InChI is InChI=1S/C26H22ClN3O4/c1-16-23(27)24(25(31)17-7-4-3-5-8-17)30(28-16)20-10-6-9-18(13-20)26(32)29(2)19-11-12-21-22(14-19)34-15-33-21/h3-14,25,31H,15H2,1-2H3. The van der Waals surface area contributed by atoms with E-state index in [0.717, 1.165) is 0 Å². The Kier molecular flexibility index (Phi) is 5.73. The smallest absolute Gasteiger partial charge is 0.258 e. The van der Waals surface area contributed by atoms with Gasteiger partial charge in [-0.1, -0.05) is 48.0 Å². The SMILES string of the molecule is Cc1nn(-c2cccc(C(=O)N(C)c3ccc4c(c3)OCO4)c2)c(C(O)c2ccccc2)c1Cl. The number of amides is 1. The topological polar surface area (TPSA) is 76.8 Å². The molecule has 0 bridgehead atoms. The minimum Gasteiger partial charge on any atom is -0.454 e. The van der Waals surface area contributed by atoms with Gasteiger partial charge >= 0.3 is 0 Å². The van der Waals surface area contributed by atoms with Crippen molar-refractivity contribution >= 4 is 23.2 Å². The molecule has 0 saturated heterocycles. The van der Waals surface area contributed by atoms with E-state index in [1.807, 2.05) is 36.4 Å². The largest absolute Gasteiger partial charge is 0.454 e. The van der Waals surface area contributed by atoms with Gasteiger partial charge in [-0.3, -0.25) is 4.79 Å². The lowest BCUT2D eigenvalue weighted by molar-refractivity contribution is 0.0993. The first-order valence-electron chi connectivity index (χ1n) is 10.7. The molecule has 7 nitrogen and oxygen atoms in total. The summed E-state index contributed by atoms with van der Waals surface area (Å²) < 4.78 is 12.4. The highest BCUT2D eigenvalue weighted by Gasteiger charge is 2.24. The number of carbonyl (C=O) groups excluding carboxylic acids is 1. The lowest BCUT2D eigenvalue weighted by Crippen LogP contribution is -2.26. The van der Waals surface area contributed by atoms with Crippen LogP contribution >= 0.6 is 11.6 Å². The Bertz CT molecular complexity index is 1370. The number of hydrogen-bond acceptors (Lipinski definition) is 5. The number of carbonyl (C=O) groups is 1. The summed E-state index contributed by atoms with van der Waals surface area (Å²) in [6.45, 7) is 1.95. The second-order valence-electron chi connectivity index (χ2n) is 7.96. The molecule has 1 aliphatic rings. The van der Waals surface area contributed by atoms with E-state index in [0.29, 0.717) is 50.4 Å². The van der Waals surface area contributed by atoms with Gasteiger partial charge in [-0.25, -0.2) is 4.68 Å². The van der Waals surface area contributed by atoms with Crippen LogP contribution in [0.3, 0.4) is 0 Å². The minimum absolute atomic E-state index is 0.168. The number of rotatable bonds is 5. The van der Waals surface area contributed by atoms with E-state index < -0.39 is 6.10 Å². The van der Waals surface area contributed by atoms with Gasteiger partial charge in [0, 0.05) is 24.4 Å². The molecule has 1 unspecified atom stereocenters. The normalized spacial score (nSPS) is 13.1. The van der Waals surface area contributed by atoms with Crippen LogP contribution < -0.4 is 14.4 Å². The number of anilines is 1. The summed E-state index contributed by atoms with van der Waals surface area (Å²) in [6, 6.07) is 21.7. The molecule has 8 heteroatoms. The molecule has 5 rings (SSSR count). The number of nitrogens with zero attached hydrogens (tertiary/aromatic N) is 3. The molecule has 0 spiro atoms. The second-order valence-corrected chi connectivity index (χ2v) is 8.34. The van der Waals surface area contributed by atoms with Crippen LogP contribution in [0.2, 0.25) is 5.02 Å². The van der Waals surface area contributed by atoms with Crippen LogP contribution in [0, 0.1) is 6.92 Å². The first kappa shape index (κ1) is 22.0. The number of aliphatic hydroxyl groups excluding tert-OH is 1. The third-order valence-corrected chi connectivity index (χ3v) is 6.25. The van der Waals surface area contributed by atoms with E-state index in [-0.39, 0.29) is 12.7 Å². The van der Waals surface area contributed by atoms with Gasteiger partial charge in [0.2, 0.25) is 6.79 Å². The fourth-order valence-corrected chi connectivity index (χ4v) is 4.15. The molecule has 0 radical (unpaired) electrons. The Balaban J connectivity index is 1.49. The number of aryl methyl sites for hydroxylation is 1. The van der Waals surface area contributed by atoms with Crippen LogP contribution in [0.1, 0.15) is 33.4 Å². The van der Waals surface area contributed by atoms with Crippen LogP contribution in [0.4, 0.5) is 5.69 Å². The zero-order valence-corrected chi connectivity index (χ0v) is 19.4. The molecule has 1 N–H and O–H groups in total. The van der Waals surface area contributed by atoms with Crippen molar-refractivity contribution in [3.8, 4) is 17.2 Å². The molecular formula is C26H22ClN3O4. The van der Waals surface area contributed by atoms with Gasteiger partial charge in [-0.05, 0) is 42.8 Å². The lowest BCUT2D eigenvalue weighted by Gasteiger charge is -2.19. The molecule has 0 aliphatic carbocycles. The maximum atomic E-state index is 13.3. The van der Waals surface area contributed by atoms with Crippen molar-refractivity contribution in [3.63, 3.8) is 0 Å². The number of hydrogen-bond donors (Lipinski definition) is 1. The average Bonchev–Trinajstić information content (AvgIpc) is 3.47. The quantitative estimate of drug-likeness (QED) is 0.443. The minimum atomic E-state index is -0.981. The summed E-state index contributed by atoms with van der Waals surface area (Å²) in [4.78, 5) is 14.8. The first-order valence-corrected chi connectivity index (χ1v) is 11.1. The van der Waals surface area contributed by atoms with Gasteiger partial charge in [0.25, 0.3) is 5.91 Å². The van der Waals surface area contributed by atoms with Crippen molar-refractivity contribution < 1.29 is 19.4 Å².